The number of thiophene rings is 1. The zero-order chi connectivity index (χ0) is 18.4. The van der Waals surface area contributed by atoms with Gasteiger partial charge in [-0.1, -0.05) is 23.9 Å². The molecule has 26 heavy (non-hydrogen) atoms. The number of carbonyl (C=O) groups is 1. The van der Waals surface area contributed by atoms with Gasteiger partial charge in [0.15, 0.2) is 5.16 Å². The van der Waals surface area contributed by atoms with Crippen LogP contribution in [0.1, 0.15) is 17.6 Å². The van der Waals surface area contributed by atoms with Gasteiger partial charge in [-0.05, 0) is 30.5 Å². The Morgan fingerprint density at radius 1 is 1.31 bits per heavy atom. The third-order valence-corrected chi connectivity index (χ3v) is 5.55. The molecule has 3 aromatic rings. The number of thioether (sulfide) groups is 1. The van der Waals surface area contributed by atoms with Gasteiger partial charge in [-0.2, -0.15) is 0 Å². The van der Waals surface area contributed by atoms with Crippen molar-refractivity contribution in [3.63, 3.8) is 0 Å². The van der Waals surface area contributed by atoms with Crippen LogP contribution in [-0.4, -0.2) is 33.5 Å². The Balaban J connectivity index is 1.60. The van der Waals surface area contributed by atoms with Crippen LogP contribution in [0, 0.1) is 0 Å². The van der Waals surface area contributed by atoms with Crippen molar-refractivity contribution >= 4 is 34.7 Å². The molecule has 0 saturated carbocycles. The number of ether oxygens (including phenoxy) is 1. The highest BCUT2D eigenvalue weighted by atomic mass is 32.2. The summed E-state index contributed by atoms with van der Waals surface area (Å²) in [4.78, 5) is 13.5. The molecule has 1 N–H and O–H groups in total. The maximum Gasteiger partial charge on any atom is 0.234 e. The van der Waals surface area contributed by atoms with E-state index in [4.69, 9.17) is 4.74 Å². The summed E-state index contributed by atoms with van der Waals surface area (Å²) < 4.78 is 7.22. The van der Waals surface area contributed by atoms with E-state index in [1.54, 1.807) is 24.5 Å². The van der Waals surface area contributed by atoms with Gasteiger partial charge >= 0.3 is 0 Å². The zero-order valence-electron chi connectivity index (χ0n) is 14.6. The molecule has 0 aliphatic rings. The first-order chi connectivity index (χ1) is 12.7. The first kappa shape index (κ1) is 18.5. The van der Waals surface area contributed by atoms with E-state index < -0.39 is 0 Å². The number of anilines is 1. The summed E-state index contributed by atoms with van der Waals surface area (Å²) in [6, 6.07) is 11.4. The van der Waals surface area contributed by atoms with Gasteiger partial charge in [-0.15, -0.1) is 21.5 Å². The van der Waals surface area contributed by atoms with Crippen LogP contribution in [0.2, 0.25) is 0 Å². The second-order valence-corrected chi connectivity index (χ2v) is 7.44. The van der Waals surface area contributed by atoms with Crippen molar-refractivity contribution in [2.75, 3.05) is 18.2 Å². The molecule has 8 heteroatoms. The van der Waals surface area contributed by atoms with Gasteiger partial charge in [0, 0.05) is 29.6 Å². The van der Waals surface area contributed by atoms with E-state index in [1.165, 1.54) is 16.6 Å². The van der Waals surface area contributed by atoms with Crippen molar-refractivity contribution in [2.45, 2.75) is 25.0 Å². The number of carbonyl (C=O) groups excluding carboxylic acids is 1. The minimum absolute atomic E-state index is 0.0892. The molecule has 1 aromatic carbocycles. The number of aromatic nitrogens is 3. The zero-order valence-corrected chi connectivity index (χ0v) is 16.3. The molecular formula is C18H20N4O2S2. The Hall–Kier alpha value is -2.32. The van der Waals surface area contributed by atoms with Gasteiger partial charge in [0.2, 0.25) is 5.91 Å². The van der Waals surface area contributed by atoms with E-state index in [2.05, 4.69) is 38.5 Å². The highest BCUT2D eigenvalue weighted by Gasteiger charge is 2.14. The molecule has 0 spiro atoms. The Kier molecular flexibility index (Phi) is 6.30. The van der Waals surface area contributed by atoms with Crippen LogP contribution in [0.15, 0.2) is 46.9 Å². The molecule has 0 radical (unpaired) electrons. The average molecular weight is 389 g/mol. The smallest absolute Gasteiger partial charge is 0.234 e. The van der Waals surface area contributed by atoms with Gasteiger partial charge in [0.25, 0.3) is 0 Å². The molecule has 136 valence electrons. The largest absolute Gasteiger partial charge is 0.497 e. The molecule has 0 atom stereocenters. The fraction of sp³-hybridized carbons (Fsp3) is 0.278. The number of benzene rings is 1. The number of amides is 1. The third kappa shape index (κ3) is 4.64. The summed E-state index contributed by atoms with van der Waals surface area (Å²) in [7, 11) is 1.60. The quantitative estimate of drug-likeness (QED) is 0.596. The lowest BCUT2D eigenvalue weighted by Gasteiger charge is -2.08. The summed E-state index contributed by atoms with van der Waals surface area (Å²) in [5.41, 5.74) is 0.713. The second kappa shape index (κ2) is 8.86. The average Bonchev–Trinajstić information content (AvgIpc) is 3.30. The number of nitrogens with zero attached hydrogens (tertiary/aromatic N) is 3. The van der Waals surface area contributed by atoms with Crippen LogP contribution >= 0.6 is 23.1 Å². The molecule has 0 aliphatic heterocycles. The summed E-state index contributed by atoms with van der Waals surface area (Å²) in [6.45, 7) is 2.83. The fourth-order valence-corrected chi connectivity index (χ4v) is 3.99. The molecule has 2 heterocycles. The Labute approximate surface area is 160 Å². The lowest BCUT2D eigenvalue weighted by molar-refractivity contribution is -0.113. The van der Waals surface area contributed by atoms with Gasteiger partial charge in [0.1, 0.15) is 11.6 Å². The van der Waals surface area contributed by atoms with E-state index in [0.29, 0.717) is 11.4 Å². The van der Waals surface area contributed by atoms with Gasteiger partial charge < -0.3 is 14.6 Å². The normalized spacial score (nSPS) is 10.7. The number of methoxy groups -OCH3 is 1. The predicted octanol–water partition coefficient (Wildman–Crippen LogP) is 3.69. The lowest BCUT2D eigenvalue weighted by atomic mass is 10.3. The van der Waals surface area contributed by atoms with Crippen LogP contribution in [0.4, 0.5) is 5.69 Å². The molecular weight excluding hydrogens is 368 g/mol. The number of rotatable bonds is 8. The number of hydrogen-bond acceptors (Lipinski definition) is 6. The van der Waals surface area contributed by atoms with E-state index in [9.17, 15) is 4.79 Å². The molecule has 0 saturated heterocycles. The van der Waals surface area contributed by atoms with Crippen molar-refractivity contribution < 1.29 is 9.53 Å². The van der Waals surface area contributed by atoms with Gasteiger partial charge in [-0.3, -0.25) is 4.79 Å². The van der Waals surface area contributed by atoms with Crippen molar-refractivity contribution in [2.24, 2.45) is 0 Å². The Morgan fingerprint density at radius 3 is 2.92 bits per heavy atom. The minimum atomic E-state index is -0.0892. The summed E-state index contributed by atoms with van der Waals surface area (Å²) in [6.07, 6.45) is 0.759. The first-order valence-electron chi connectivity index (χ1n) is 8.20. The Bertz CT molecular complexity index is 862. The second-order valence-electron chi connectivity index (χ2n) is 5.47. The monoisotopic (exact) mass is 388 g/mol. The van der Waals surface area contributed by atoms with Crippen LogP contribution in [0.25, 0.3) is 0 Å². The first-order valence-corrected chi connectivity index (χ1v) is 10.1. The van der Waals surface area contributed by atoms with Gasteiger partial charge in [0.05, 0.1) is 12.9 Å². The van der Waals surface area contributed by atoms with Crippen molar-refractivity contribution in [1.29, 1.82) is 0 Å². The molecule has 0 unspecified atom stereocenters. The third-order valence-electron chi connectivity index (χ3n) is 3.71. The maximum absolute atomic E-state index is 12.2. The van der Waals surface area contributed by atoms with Crippen molar-refractivity contribution in [1.82, 2.24) is 14.8 Å². The van der Waals surface area contributed by atoms with Crippen LogP contribution < -0.4 is 10.1 Å². The molecule has 2 aromatic heterocycles. The standard InChI is InChI=1S/C18H20N4O2S2/c1-3-22-16(11-15-8-5-9-25-15)20-21-18(22)26-12-17(23)19-13-6-4-7-14(10-13)24-2/h4-10H,3,11-12H2,1-2H3,(H,19,23). The van der Waals surface area contributed by atoms with E-state index in [1.807, 2.05) is 24.3 Å². The summed E-state index contributed by atoms with van der Waals surface area (Å²) >= 11 is 3.10. The number of nitrogens with one attached hydrogen (secondary N) is 1. The van der Waals surface area contributed by atoms with Crippen LogP contribution in [-0.2, 0) is 17.8 Å². The van der Waals surface area contributed by atoms with E-state index in [-0.39, 0.29) is 11.7 Å². The lowest BCUT2D eigenvalue weighted by Crippen LogP contribution is -2.14. The highest BCUT2D eigenvalue weighted by molar-refractivity contribution is 7.99. The summed E-state index contributed by atoms with van der Waals surface area (Å²) in [5.74, 6) is 1.81. The Morgan fingerprint density at radius 2 is 2.19 bits per heavy atom. The SMILES string of the molecule is CCn1c(Cc2cccs2)nnc1SCC(=O)Nc1cccc(OC)c1. The summed E-state index contributed by atoms with van der Waals surface area (Å²) in [5, 5.41) is 14.2. The molecule has 3 rings (SSSR count). The van der Waals surface area contributed by atoms with Crippen molar-refractivity contribution in [3.8, 4) is 5.75 Å². The molecule has 1 amide bonds. The fourth-order valence-electron chi connectivity index (χ4n) is 2.47. The van der Waals surface area contributed by atoms with E-state index in [0.717, 1.165) is 23.9 Å². The molecule has 0 bridgehead atoms. The maximum atomic E-state index is 12.2. The number of hydrogen-bond donors (Lipinski definition) is 1. The highest BCUT2D eigenvalue weighted by Crippen LogP contribution is 2.21. The predicted molar refractivity (Wildman–Crippen MR) is 105 cm³/mol. The topological polar surface area (TPSA) is 69.0 Å². The van der Waals surface area contributed by atoms with Gasteiger partial charge in [-0.25, -0.2) is 0 Å². The van der Waals surface area contributed by atoms with E-state index >= 15 is 0 Å². The van der Waals surface area contributed by atoms with Crippen LogP contribution in [0.5, 0.6) is 5.75 Å². The van der Waals surface area contributed by atoms with Crippen LogP contribution in [0.3, 0.4) is 0 Å². The van der Waals surface area contributed by atoms with Crippen molar-refractivity contribution in [3.05, 3.63) is 52.5 Å². The molecule has 0 fully saturated rings. The molecule has 0 aliphatic carbocycles. The minimum Gasteiger partial charge on any atom is -0.497 e. The molecule has 6 nitrogen and oxygen atoms in total.